The van der Waals surface area contributed by atoms with Crippen LogP contribution in [0.2, 0.25) is 0 Å². The largest absolute Gasteiger partial charge is 0.380 e. The quantitative estimate of drug-likeness (QED) is 0.481. The minimum Gasteiger partial charge on any atom is -0.380 e. The van der Waals surface area contributed by atoms with Crippen molar-refractivity contribution in [2.75, 3.05) is 44.7 Å². The van der Waals surface area contributed by atoms with Gasteiger partial charge in [0, 0.05) is 39.9 Å². The number of ether oxygens (including phenoxy) is 1. The Morgan fingerprint density at radius 1 is 1.30 bits per heavy atom. The minimum atomic E-state index is -0.172. The third-order valence-corrected chi connectivity index (χ3v) is 4.42. The predicted octanol–water partition coefficient (Wildman–Crippen LogP) is 1.31. The number of aliphatic imine (C=N–C) groups is 1. The average molecular weight is 339 g/mol. The van der Waals surface area contributed by atoms with Gasteiger partial charge in [0.1, 0.15) is 10.3 Å². The van der Waals surface area contributed by atoms with E-state index in [2.05, 4.69) is 15.2 Å². The standard InChI is InChI=1S/C15H25N5O2S/c1-4-16-13-12(14(23)19(3)15(21)18(13)2)17-6-5-7-20-8-10-22-11-9-20/h4,17H,5-11H2,1-3H3. The highest BCUT2D eigenvalue weighted by atomic mass is 32.1. The molecule has 1 saturated heterocycles. The van der Waals surface area contributed by atoms with E-state index in [-0.39, 0.29) is 5.69 Å². The van der Waals surface area contributed by atoms with Gasteiger partial charge in [-0.3, -0.25) is 14.0 Å². The summed E-state index contributed by atoms with van der Waals surface area (Å²) in [7, 11) is 3.39. The second kappa shape index (κ2) is 8.37. The van der Waals surface area contributed by atoms with Crippen LogP contribution in [0.3, 0.4) is 0 Å². The molecule has 0 saturated carbocycles. The van der Waals surface area contributed by atoms with E-state index in [4.69, 9.17) is 17.0 Å². The summed E-state index contributed by atoms with van der Waals surface area (Å²) >= 11 is 5.40. The Bertz CT molecular complexity index is 674. The minimum absolute atomic E-state index is 0.172. The number of anilines is 1. The molecular formula is C15H25N5O2S. The molecular weight excluding hydrogens is 314 g/mol. The SMILES string of the molecule is CC=Nc1c(NCCCN2CCOCC2)c(=S)n(C)c(=O)n1C. The van der Waals surface area contributed by atoms with Gasteiger partial charge in [0.25, 0.3) is 0 Å². The van der Waals surface area contributed by atoms with E-state index in [1.165, 1.54) is 9.13 Å². The molecule has 23 heavy (non-hydrogen) atoms. The number of hydrogen-bond acceptors (Lipinski definition) is 6. The predicted molar refractivity (Wildman–Crippen MR) is 95.7 cm³/mol. The molecule has 1 aromatic heterocycles. The van der Waals surface area contributed by atoms with E-state index in [0.717, 1.165) is 51.5 Å². The van der Waals surface area contributed by atoms with Gasteiger partial charge in [-0.25, -0.2) is 9.79 Å². The van der Waals surface area contributed by atoms with Gasteiger partial charge in [0.15, 0.2) is 5.82 Å². The van der Waals surface area contributed by atoms with E-state index in [9.17, 15) is 4.79 Å². The van der Waals surface area contributed by atoms with Gasteiger partial charge < -0.3 is 10.1 Å². The summed E-state index contributed by atoms with van der Waals surface area (Å²) in [6, 6.07) is 0. The molecule has 0 aromatic carbocycles. The van der Waals surface area contributed by atoms with Gasteiger partial charge in [-0.1, -0.05) is 12.2 Å². The van der Waals surface area contributed by atoms with Crippen molar-refractivity contribution >= 4 is 29.9 Å². The second-order valence-corrected chi connectivity index (χ2v) is 5.91. The topological polar surface area (TPSA) is 63.8 Å². The molecule has 0 spiro atoms. The van der Waals surface area contributed by atoms with E-state index in [0.29, 0.717) is 10.5 Å². The number of nitrogens with one attached hydrogen (secondary N) is 1. The van der Waals surface area contributed by atoms with Crippen LogP contribution in [-0.2, 0) is 18.8 Å². The van der Waals surface area contributed by atoms with Gasteiger partial charge in [-0.15, -0.1) is 0 Å². The third-order valence-electron chi connectivity index (χ3n) is 3.94. The maximum Gasteiger partial charge on any atom is 0.330 e. The number of nitrogens with zero attached hydrogens (tertiary/aromatic N) is 4. The Morgan fingerprint density at radius 2 is 2.00 bits per heavy atom. The molecule has 1 fully saturated rings. The summed E-state index contributed by atoms with van der Waals surface area (Å²) < 4.78 is 8.82. The Balaban J connectivity index is 2.06. The first-order valence-electron chi connectivity index (χ1n) is 7.89. The van der Waals surface area contributed by atoms with Crippen LogP contribution in [0, 0.1) is 4.64 Å². The first kappa shape index (κ1) is 17.8. The maximum absolute atomic E-state index is 12.1. The monoisotopic (exact) mass is 339 g/mol. The fourth-order valence-corrected chi connectivity index (χ4v) is 2.84. The Kier molecular flexibility index (Phi) is 6.49. The first-order chi connectivity index (χ1) is 11.1. The molecule has 0 unspecified atom stereocenters. The molecule has 0 bridgehead atoms. The van der Waals surface area contributed by atoms with Crippen molar-refractivity contribution in [2.24, 2.45) is 19.1 Å². The number of hydrogen-bond donors (Lipinski definition) is 1. The Morgan fingerprint density at radius 3 is 2.65 bits per heavy atom. The lowest BCUT2D eigenvalue weighted by Crippen LogP contribution is -2.37. The molecule has 2 rings (SSSR count). The van der Waals surface area contributed by atoms with Crippen LogP contribution in [0.5, 0.6) is 0 Å². The van der Waals surface area contributed by atoms with E-state index in [1.807, 2.05) is 6.92 Å². The highest BCUT2D eigenvalue weighted by Crippen LogP contribution is 2.23. The van der Waals surface area contributed by atoms with Crippen LogP contribution in [0.25, 0.3) is 0 Å². The molecule has 0 aliphatic carbocycles. The number of aromatic nitrogens is 2. The van der Waals surface area contributed by atoms with E-state index in [1.54, 1.807) is 20.3 Å². The van der Waals surface area contributed by atoms with Gasteiger partial charge in [-0.05, 0) is 19.9 Å². The van der Waals surface area contributed by atoms with Crippen LogP contribution in [0.15, 0.2) is 9.79 Å². The molecule has 1 aromatic rings. The van der Waals surface area contributed by atoms with Crippen molar-refractivity contribution < 1.29 is 4.74 Å². The molecule has 0 amide bonds. The zero-order valence-electron chi connectivity index (χ0n) is 14.0. The average Bonchev–Trinajstić information content (AvgIpc) is 2.57. The molecule has 7 nitrogen and oxygen atoms in total. The molecule has 1 aliphatic heterocycles. The van der Waals surface area contributed by atoms with Gasteiger partial charge in [0.05, 0.1) is 13.2 Å². The molecule has 2 heterocycles. The summed E-state index contributed by atoms with van der Waals surface area (Å²) in [5.41, 5.74) is 0.569. The van der Waals surface area contributed by atoms with Crippen molar-refractivity contribution in [1.29, 1.82) is 0 Å². The van der Waals surface area contributed by atoms with Crippen molar-refractivity contribution in [3.05, 3.63) is 15.1 Å². The summed E-state index contributed by atoms with van der Waals surface area (Å²) in [6.07, 6.45) is 2.67. The molecule has 1 aliphatic rings. The molecule has 0 radical (unpaired) electrons. The van der Waals surface area contributed by atoms with Gasteiger partial charge >= 0.3 is 5.69 Å². The molecule has 8 heteroatoms. The normalized spacial score (nSPS) is 16.1. The zero-order chi connectivity index (χ0) is 16.8. The number of morpholine rings is 1. The van der Waals surface area contributed by atoms with E-state index < -0.39 is 0 Å². The Labute approximate surface area is 141 Å². The second-order valence-electron chi connectivity index (χ2n) is 5.53. The smallest absolute Gasteiger partial charge is 0.330 e. The number of rotatable bonds is 6. The maximum atomic E-state index is 12.1. The highest BCUT2D eigenvalue weighted by Gasteiger charge is 2.13. The lowest BCUT2D eigenvalue weighted by atomic mass is 10.3. The van der Waals surface area contributed by atoms with Crippen LogP contribution < -0.4 is 11.0 Å². The molecule has 1 N–H and O–H groups in total. The van der Waals surface area contributed by atoms with Crippen LogP contribution >= 0.6 is 12.2 Å². The zero-order valence-corrected chi connectivity index (χ0v) is 14.9. The van der Waals surface area contributed by atoms with Crippen molar-refractivity contribution in [1.82, 2.24) is 14.0 Å². The van der Waals surface area contributed by atoms with Crippen LogP contribution in [0.4, 0.5) is 11.5 Å². The molecule has 0 atom stereocenters. The van der Waals surface area contributed by atoms with Crippen molar-refractivity contribution in [3.63, 3.8) is 0 Å². The van der Waals surface area contributed by atoms with Crippen LogP contribution in [-0.4, -0.2) is 59.6 Å². The summed E-state index contributed by atoms with van der Waals surface area (Å²) in [5, 5.41) is 3.36. The van der Waals surface area contributed by atoms with E-state index >= 15 is 0 Å². The highest BCUT2D eigenvalue weighted by molar-refractivity contribution is 7.71. The van der Waals surface area contributed by atoms with Gasteiger partial charge in [-0.2, -0.15) is 0 Å². The lowest BCUT2D eigenvalue weighted by Gasteiger charge is -2.26. The summed E-state index contributed by atoms with van der Waals surface area (Å²) in [6.45, 7) is 7.24. The first-order valence-corrected chi connectivity index (χ1v) is 8.29. The van der Waals surface area contributed by atoms with Gasteiger partial charge in [0.2, 0.25) is 0 Å². The summed E-state index contributed by atoms with van der Waals surface area (Å²) in [5.74, 6) is 0.576. The summed E-state index contributed by atoms with van der Waals surface area (Å²) in [4.78, 5) is 18.8. The molecule has 128 valence electrons. The van der Waals surface area contributed by atoms with Crippen molar-refractivity contribution in [3.8, 4) is 0 Å². The third kappa shape index (κ3) is 4.27. The fourth-order valence-electron chi connectivity index (χ4n) is 2.60. The van der Waals surface area contributed by atoms with Crippen molar-refractivity contribution in [2.45, 2.75) is 13.3 Å². The Hall–Kier alpha value is -1.51. The van der Waals surface area contributed by atoms with Crippen LogP contribution in [0.1, 0.15) is 13.3 Å². The fraction of sp³-hybridized carbons (Fsp3) is 0.667. The lowest BCUT2D eigenvalue weighted by molar-refractivity contribution is 0.0378.